The molecule has 1 rings (SSSR count). The quantitative estimate of drug-likeness (QED) is 0.815. The van der Waals surface area contributed by atoms with Gasteiger partial charge in [-0.25, -0.2) is 0 Å². The summed E-state index contributed by atoms with van der Waals surface area (Å²) in [5.74, 6) is 0.278. The molecule has 0 saturated heterocycles. The molecule has 18 heavy (non-hydrogen) atoms. The number of nitrogens with zero attached hydrogens (tertiary/aromatic N) is 2. The second-order valence-corrected chi connectivity index (χ2v) is 3.85. The number of nitrogens with one attached hydrogen (secondary N) is 1. The Morgan fingerprint density at radius 2 is 2.22 bits per heavy atom. The van der Waals surface area contributed by atoms with Gasteiger partial charge in [0, 0.05) is 13.1 Å². The smallest absolute Gasteiger partial charge is 0.245 e. The molecule has 0 radical (unpaired) electrons. The molecular weight excluding hydrogens is 260 g/mol. The standard InChI is InChI=1S/C10H16N4O3.ClH/c1-6-4-8(13-17-6)12-9(15)5-14(3)10(16)7(2)11;/h4,7H,5,11H2,1-3H3,(H,12,13,15);1H/t7-;/m0./s1. The first kappa shape index (κ1) is 16.4. The number of carbonyl (C=O) groups is 2. The van der Waals surface area contributed by atoms with Crippen molar-refractivity contribution in [2.75, 3.05) is 18.9 Å². The Morgan fingerprint density at radius 1 is 1.61 bits per heavy atom. The van der Waals surface area contributed by atoms with E-state index < -0.39 is 6.04 Å². The van der Waals surface area contributed by atoms with E-state index >= 15 is 0 Å². The van der Waals surface area contributed by atoms with Crippen molar-refractivity contribution in [3.8, 4) is 0 Å². The van der Waals surface area contributed by atoms with Crippen LogP contribution in [0.25, 0.3) is 0 Å². The summed E-state index contributed by atoms with van der Waals surface area (Å²) in [6, 6.07) is 0.966. The van der Waals surface area contributed by atoms with Gasteiger partial charge >= 0.3 is 0 Å². The normalized spacial score (nSPS) is 11.3. The lowest BCUT2D eigenvalue weighted by Gasteiger charge is -2.18. The Balaban J connectivity index is 0.00000289. The van der Waals surface area contributed by atoms with Crippen LogP contribution in [-0.4, -0.2) is 41.5 Å². The molecule has 1 aromatic rings. The number of hydrogen-bond donors (Lipinski definition) is 2. The zero-order valence-electron chi connectivity index (χ0n) is 10.5. The molecule has 0 aliphatic heterocycles. The van der Waals surface area contributed by atoms with Crippen molar-refractivity contribution in [2.45, 2.75) is 19.9 Å². The van der Waals surface area contributed by atoms with Gasteiger partial charge in [-0.2, -0.15) is 0 Å². The number of aromatic nitrogens is 1. The number of hydrogen-bond acceptors (Lipinski definition) is 5. The maximum absolute atomic E-state index is 11.5. The molecule has 0 aromatic carbocycles. The van der Waals surface area contributed by atoms with Gasteiger partial charge in [-0.15, -0.1) is 12.4 Å². The number of aryl methyl sites for hydroxylation is 1. The predicted octanol–water partition coefficient (Wildman–Crippen LogP) is 0.149. The summed E-state index contributed by atoms with van der Waals surface area (Å²) in [4.78, 5) is 24.2. The van der Waals surface area contributed by atoms with Gasteiger partial charge in [0.15, 0.2) is 5.82 Å². The van der Waals surface area contributed by atoms with Gasteiger partial charge in [-0.1, -0.05) is 5.16 Å². The number of nitrogens with two attached hydrogens (primary N) is 1. The molecule has 0 aliphatic carbocycles. The Hall–Kier alpha value is -1.60. The van der Waals surface area contributed by atoms with E-state index in [1.165, 1.54) is 11.9 Å². The predicted molar refractivity (Wildman–Crippen MR) is 68.4 cm³/mol. The molecule has 0 fully saturated rings. The third kappa shape index (κ3) is 4.72. The third-order valence-electron chi connectivity index (χ3n) is 2.04. The van der Waals surface area contributed by atoms with Crippen LogP contribution in [0.2, 0.25) is 0 Å². The zero-order valence-corrected chi connectivity index (χ0v) is 11.3. The van der Waals surface area contributed by atoms with Gasteiger partial charge in [-0.3, -0.25) is 9.59 Å². The van der Waals surface area contributed by atoms with Crippen LogP contribution in [0.5, 0.6) is 0 Å². The third-order valence-corrected chi connectivity index (χ3v) is 2.04. The van der Waals surface area contributed by atoms with Crippen molar-refractivity contribution in [1.29, 1.82) is 0 Å². The van der Waals surface area contributed by atoms with Gasteiger partial charge < -0.3 is 20.5 Å². The van der Waals surface area contributed by atoms with E-state index in [0.29, 0.717) is 11.6 Å². The minimum Gasteiger partial charge on any atom is -0.360 e. The fraction of sp³-hybridized carbons (Fsp3) is 0.500. The van der Waals surface area contributed by atoms with Gasteiger partial charge in [0.2, 0.25) is 11.8 Å². The van der Waals surface area contributed by atoms with Crippen molar-refractivity contribution in [2.24, 2.45) is 5.73 Å². The molecule has 0 saturated carbocycles. The zero-order chi connectivity index (χ0) is 13.0. The molecule has 2 amide bonds. The van der Waals surface area contributed by atoms with Crippen molar-refractivity contribution < 1.29 is 14.1 Å². The molecule has 1 heterocycles. The Kier molecular flexibility index (Phi) is 6.35. The van der Waals surface area contributed by atoms with Crippen molar-refractivity contribution in [1.82, 2.24) is 10.1 Å². The molecule has 102 valence electrons. The van der Waals surface area contributed by atoms with Gasteiger partial charge in [0.25, 0.3) is 0 Å². The summed E-state index contributed by atoms with van der Waals surface area (Å²) in [7, 11) is 1.51. The van der Waals surface area contributed by atoms with E-state index in [1.807, 2.05) is 0 Å². The number of anilines is 1. The van der Waals surface area contributed by atoms with Crippen LogP contribution < -0.4 is 11.1 Å². The maximum Gasteiger partial charge on any atom is 0.245 e. The highest BCUT2D eigenvalue weighted by Crippen LogP contribution is 2.06. The topological polar surface area (TPSA) is 101 Å². The number of rotatable bonds is 4. The van der Waals surface area contributed by atoms with Crippen LogP contribution in [0.15, 0.2) is 10.6 Å². The SMILES string of the molecule is Cc1cc(NC(=O)CN(C)C(=O)[C@H](C)N)no1.Cl. The summed E-state index contributed by atoms with van der Waals surface area (Å²) in [6.07, 6.45) is 0. The lowest BCUT2D eigenvalue weighted by Crippen LogP contribution is -2.43. The Labute approximate surface area is 111 Å². The van der Waals surface area contributed by atoms with Crippen LogP contribution in [-0.2, 0) is 9.59 Å². The second-order valence-electron chi connectivity index (χ2n) is 3.85. The summed E-state index contributed by atoms with van der Waals surface area (Å²) >= 11 is 0. The highest BCUT2D eigenvalue weighted by atomic mass is 35.5. The van der Waals surface area contributed by atoms with Crippen molar-refractivity contribution >= 4 is 30.0 Å². The van der Waals surface area contributed by atoms with Crippen LogP contribution in [0.1, 0.15) is 12.7 Å². The van der Waals surface area contributed by atoms with Crippen molar-refractivity contribution in [3.05, 3.63) is 11.8 Å². The van der Waals surface area contributed by atoms with E-state index in [1.54, 1.807) is 19.9 Å². The first-order valence-corrected chi connectivity index (χ1v) is 5.14. The van der Waals surface area contributed by atoms with E-state index in [0.717, 1.165) is 0 Å². The summed E-state index contributed by atoms with van der Waals surface area (Å²) in [5, 5.41) is 6.12. The van der Waals surface area contributed by atoms with Crippen LogP contribution in [0, 0.1) is 6.92 Å². The first-order valence-electron chi connectivity index (χ1n) is 5.14. The van der Waals surface area contributed by atoms with Gasteiger partial charge in [-0.05, 0) is 13.8 Å². The molecule has 1 aromatic heterocycles. The Morgan fingerprint density at radius 3 is 2.67 bits per heavy atom. The highest BCUT2D eigenvalue weighted by molar-refractivity contribution is 5.94. The molecule has 7 nitrogen and oxygen atoms in total. The minimum absolute atomic E-state index is 0. The maximum atomic E-state index is 11.5. The molecule has 0 spiro atoms. The van der Waals surface area contributed by atoms with Crippen LogP contribution >= 0.6 is 12.4 Å². The van der Waals surface area contributed by atoms with E-state index in [4.69, 9.17) is 10.3 Å². The second kappa shape index (κ2) is 6.97. The van der Waals surface area contributed by atoms with E-state index in [9.17, 15) is 9.59 Å². The van der Waals surface area contributed by atoms with Gasteiger partial charge in [0.1, 0.15) is 5.76 Å². The molecule has 1 atom stereocenters. The molecule has 3 N–H and O–H groups in total. The largest absolute Gasteiger partial charge is 0.360 e. The minimum atomic E-state index is -0.623. The van der Waals surface area contributed by atoms with Gasteiger partial charge in [0.05, 0.1) is 12.6 Å². The number of carbonyl (C=O) groups excluding carboxylic acids is 2. The fourth-order valence-electron chi connectivity index (χ4n) is 1.25. The lowest BCUT2D eigenvalue weighted by molar-refractivity contribution is -0.134. The van der Waals surface area contributed by atoms with Crippen LogP contribution in [0.3, 0.4) is 0 Å². The average molecular weight is 277 g/mol. The van der Waals surface area contributed by atoms with Crippen molar-refractivity contribution in [3.63, 3.8) is 0 Å². The fourth-order valence-corrected chi connectivity index (χ4v) is 1.25. The molecule has 0 unspecified atom stereocenters. The van der Waals surface area contributed by atoms with E-state index in [-0.39, 0.29) is 30.8 Å². The molecule has 0 bridgehead atoms. The Bertz CT molecular complexity index is 419. The monoisotopic (exact) mass is 276 g/mol. The van der Waals surface area contributed by atoms with E-state index in [2.05, 4.69) is 10.5 Å². The number of halogens is 1. The number of likely N-dealkylation sites (N-methyl/N-ethyl adjacent to an activating group) is 1. The summed E-state index contributed by atoms with van der Waals surface area (Å²) in [6.45, 7) is 3.21. The molecule has 8 heteroatoms. The average Bonchev–Trinajstić information content (AvgIpc) is 2.62. The first-order chi connectivity index (χ1) is 7.90. The van der Waals surface area contributed by atoms with Crippen LogP contribution in [0.4, 0.5) is 5.82 Å². The lowest BCUT2D eigenvalue weighted by atomic mass is 10.3. The molecular formula is C10H17ClN4O3. The number of amides is 2. The highest BCUT2D eigenvalue weighted by Gasteiger charge is 2.16. The summed E-state index contributed by atoms with van der Waals surface area (Å²) < 4.78 is 4.79. The molecule has 0 aliphatic rings. The summed E-state index contributed by atoms with van der Waals surface area (Å²) in [5.41, 5.74) is 5.42.